The number of hydrogen-bond donors (Lipinski definition) is 6. The highest BCUT2D eigenvalue weighted by molar-refractivity contribution is 5.98. The standard InChI is InChI=1S/C27H24FN7O5.C25H21FN6O4/c1-14-8-15(2-6-19(14)28)11-30-25(37)21-10-22(32-13-31-21)26(38)33-20-7-4-16-9-17(3-5-18(16)20)24-34-40-27(39)35(24)12-23(29)36;1-13-8-14(2-6-18(13)26)11-27-23(33)20-10-21(29-12-28-20)24(34)30-19-7-4-15-9-16(3-5-17(15)19)22-31-25(35)36-32-22/h2-3,5-6,8-10,13,20H,4,7,11-12H2,1H3,(H2,29,36)(H,30,37)(H,33,38);2-3,5-6,8-10,12,19H,4,7,11H2,1H3,(H,27,33)(H,30,34)(H,31,32,35)/t20-;19-/m00/s1. The molecule has 0 bridgehead atoms. The molecule has 4 aromatic carbocycles. The third kappa shape index (κ3) is 11.6. The molecule has 386 valence electrons. The third-order valence-corrected chi connectivity index (χ3v) is 12.6. The van der Waals surface area contributed by atoms with Crippen LogP contribution in [0.1, 0.15) is 111 Å². The molecule has 0 fully saturated rings. The van der Waals surface area contributed by atoms with Gasteiger partial charge in [-0.1, -0.05) is 58.8 Å². The second kappa shape index (κ2) is 22.1. The lowest BCUT2D eigenvalue weighted by atomic mass is 10.0. The van der Waals surface area contributed by atoms with Crippen LogP contribution < -0.4 is 38.5 Å². The van der Waals surface area contributed by atoms with Gasteiger partial charge in [0.25, 0.3) is 23.6 Å². The van der Waals surface area contributed by atoms with Gasteiger partial charge < -0.3 is 27.0 Å². The minimum atomic E-state index is -0.789. The van der Waals surface area contributed by atoms with E-state index in [1.54, 1.807) is 50.2 Å². The predicted molar refractivity (Wildman–Crippen MR) is 264 cm³/mol. The Morgan fingerprint density at radius 1 is 0.632 bits per heavy atom. The van der Waals surface area contributed by atoms with Gasteiger partial charge in [-0.2, -0.15) is 0 Å². The molecule has 4 heterocycles. The van der Waals surface area contributed by atoms with E-state index in [4.69, 9.17) is 10.3 Å². The van der Waals surface area contributed by atoms with Crippen LogP contribution in [-0.4, -0.2) is 69.3 Å². The lowest BCUT2D eigenvalue weighted by Gasteiger charge is -2.14. The van der Waals surface area contributed by atoms with E-state index in [0.717, 1.165) is 50.7 Å². The van der Waals surface area contributed by atoms with Crippen LogP contribution in [0.5, 0.6) is 0 Å². The van der Waals surface area contributed by atoms with Crippen LogP contribution in [0, 0.1) is 25.5 Å². The van der Waals surface area contributed by atoms with Gasteiger partial charge in [0.1, 0.15) is 53.6 Å². The number of nitrogens with two attached hydrogens (primary N) is 1. The van der Waals surface area contributed by atoms with Crippen molar-refractivity contribution in [3.8, 4) is 22.8 Å². The van der Waals surface area contributed by atoms with Crippen LogP contribution in [0.4, 0.5) is 8.78 Å². The second-order valence-corrected chi connectivity index (χ2v) is 17.8. The quantitative estimate of drug-likeness (QED) is 0.0890. The zero-order valence-electron chi connectivity index (χ0n) is 40.5. The first kappa shape index (κ1) is 51.0. The number of fused-ring (bicyclic) bond motifs is 2. The van der Waals surface area contributed by atoms with Crippen LogP contribution >= 0.6 is 0 Å². The summed E-state index contributed by atoms with van der Waals surface area (Å²) in [6.07, 6.45) is 4.99. The average Bonchev–Trinajstić information content (AvgIpc) is 4.23. The number of hydrogen-bond acceptors (Lipinski definition) is 15. The Kier molecular flexibility index (Phi) is 14.8. The molecule has 0 radical (unpaired) electrons. The van der Waals surface area contributed by atoms with Crippen molar-refractivity contribution in [2.24, 2.45) is 5.73 Å². The lowest BCUT2D eigenvalue weighted by Crippen LogP contribution is -2.29. The summed E-state index contributed by atoms with van der Waals surface area (Å²) in [6.45, 7) is 3.28. The highest BCUT2D eigenvalue weighted by Crippen LogP contribution is 2.35. The minimum Gasteiger partial charge on any atom is -0.368 e. The molecule has 76 heavy (non-hydrogen) atoms. The van der Waals surface area contributed by atoms with E-state index in [0.29, 0.717) is 47.3 Å². The van der Waals surface area contributed by atoms with Crippen LogP contribution in [0.25, 0.3) is 22.8 Å². The first-order valence-corrected chi connectivity index (χ1v) is 23.6. The van der Waals surface area contributed by atoms with Crippen molar-refractivity contribution in [3.63, 3.8) is 0 Å². The number of halogens is 2. The highest BCUT2D eigenvalue weighted by atomic mass is 19.1. The first-order valence-electron chi connectivity index (χ1n) is 23.6. The van der Waals surface area contributed by atoms with Gasteiger partial charge >= 0.3 is 11.5 Å². The zero-order chi connectivity index (χ0) is 53.6. The van der Waals surface area contributed by atoms with Crippen molar-refractivity contribution in [1.29, 1.82) is 0 Å². The Bertz CT molecular complexity index is 3700. The number of rotatable bonds is 14. The molecule has 0 saturated carbocycles. The summed E-state index contributed by atoms with van der Waals surface area (Å²) in [5.41, 5.74) is 12.9. The molecule has 2 aliphatic carbocycles. The number of amides is 5. The topological polar surface area (TPSA) is 318 Å². The van der Waals surface area contributed by atoms with Crippen molar-refractivity contribution in [2.75, 3.05) is 0 Å². The number of carbonyl (C=O) groups excluding carboxylic acids is 5. The molecular formula is C52H45F2N13O9. The van der Waals surface area contributed by atoms with Crippen LogP contribution in [0.2, 0.25) is 0 Å². The van der Waals surface area contributed by atoms with Gasteiger partial charge in [-0.05, 0) is 108 Å². The Morgan fingerprint density at radius 3 is 1.59 bits per heavy atom. The summed E-state index contributed by atoms with van der Waals surface area (Å²) in [7, 11) is 0. The fourth-order valence-corrected chi connectivity index (χ4v) is 8.80. The Labute approximate surface area is 428 Å². The van der Waals surface area contributed by atoms with Gasteiger partial charge in [-0.3, -0.25) is 38.0 Å². The van der Waals surface area contributed by atoms with E-state index in [-0.39, 0.29) is 72.0 Å². The number of H-pyrrole nitrogens is 1. The predicted octanol–water partition coefficient (Wildman–Crippen LogP) is 4.19. The number of primary amides is 1. The number of aryl methyl sites for hydroxylation is 4. The maximum Gasteiger partial charge on any atom is 0.442 e. The molecule has 7 N–H and O–H groups in total. The number of aromatic nitrogens is 8. The summed E-state index contributed by atoms with van der Waals surface area (Å²) in [5, 5.41) is 18.8. The van der Waals surface area contributed by atoms with Crippen molar-refractivity contribution in [3.05, 3.63) is 198 Å². The van der Waals surface area contributed by atoms with E-state index in [1.807, 2.05) is 24.3 Å². The molecule has 0 aliphatic heterocycles. The van der Waals surface area contributed by atoms with Crippen LogP contribution in [0.15, 0.2) is 116 Å². The monoisotopic (exact) mass is 1030 g/mol. The highest BCUT2D eigenvalue weighted by Gasteiger charge is 2.28. The molecule has 10 rings (SSSR count). The summed E-state index contributed by atoms with van der Waals surface area (Å²) in [5.74, 6) is -4.11. The van der Waals surface area contributed by atoms with Crippen molar-refractivity contribution < 1.29 is 41.8 Å². The first-order chi connectivity index (χ1) is 36.6. The SMILES string of the molecule is Cc1cc(CNC(=O)c2cc(C(=O)N[C@H]3CCc4cc(-c5noc(=O)[nH]5)ccc43)ncn2)ccc1F.Cc1cc(CNC(=O)c2cc(C(=O)N[C@H]3CCc4cc(-c5noc(=O)n5CC(N)=O)ccc43)ncn2)ccc1F. The van der Waals surface area contributed by atoms with E-state index in [1.165, 1.54) is 30.6 Å². The Balaban J connectivity index is 0.000000187. The van der Waals surface area contributed by atoms with Gasteiger partial charge in [0.05, 0.1) is 12.1 Å². The summed E-state index contributed by atoms with van der Waals surface area (Å²) < 4.78 is 37.2. The molecule has 24 heteroatoms. The van der Waals surface area contributed by atoms with Gasteiger partial charge in [0, 0.05) is 36.3 Å². The minimum absolute atomic E-state index is 0.0186. The molecule has 0 saturated heterocycles. The van der Waals surface area contributed by atoms with E-state index >= 15 is 0 Å². The maximum atomic E-state index is 13.5. The number of aromatic amines is 1. The third-order valence-electron chi connectivity index (χ3n) is 12.6. The van der Waals surface area contributed by atoms with E-state index in [9.17, 15) is 42.3 Å². The van der Waals surface area contributed by atoms with E-state index in [2.05, 4.69) is 61.0 Å². The molecule has 0 spiro atoms. The molecule has 0 unspecified atom stereocenters. The van der Waals surface area contributed by atoms with Crippen molar-refractivity contribution in [2.45, 2.75) is 71.2 Å². The zero-order valence-corrected chi connectivity index (χ0v) is 40.5. The van der Waals surface area contributed by atoms with Crippen molar-refractivity contribution >= 4 is 29.5 Å². The summed E-state index contributed by atoms with van der Waals surface area (Å²) in [4.78, 5) is 104. The number of nitrogens with zero attached hydrogens (tertiary/aromatic N) is 7. The van der Waals surface area contributed by atoms with Gasteiger partial charge in [-0.15, -0.1) is 0 Å². The molecule has 2 atom stereocenters. The smallest absolute Gasteiger partial charge is 0.368 e. The number of nitrogens with one attached hydrogen (secondary N) is 5. The largest absolute Gasteiger partial charge is 0.442 e. The van der Waals surface area contributed by atoms with Crippen molar-refractivity contribution in [1.82, 2.24) is 61.1 Å². The fraction of sp³-hybridized carbons (Fsp3) is 0.212. The van der Waals surface area contributed by atoms with E-state index < -0.39 is 41.0 Å². The number of benzene rings is 4. The lowest BCUT2D eigenvalue weighted by molar-refractivity contribution is -0.118. The Morgan fingerprint density at radius 2 is 1.12 bits per heavy atom. The molecular weight excluding hydrogens is 989 g/mol. The molecule has 5 amide bonds. The fourth-order valence-electron chi connectivity index (χ4n) is 8.80. The normalized spacial score (nSPS) is 14.2. The average molecular weight is 1030 g/mol. The second-order valence-electron chi connectivity index (χ2n) is 17.8. The summed E-state index contributed by atoms with van der Waals surface area (Å²) >= 11 is 0. The van der Waals surface area contributed by atoms with Gasteiger partial charge in [-0.25, -0.2) is 42.9 Å². The van der Waals surface area contributed by atoms with Crippen LogP contribution in [-0.2, 0) is 37.3 Å². The maximum absolute atomic E-state index is 13.5. The molecule has 22 nitrogen and oxygen atoms in total. The number of carbonyl (C=O) groups is 5. The van der Waals surface area contributed by atoms with Gasteiger partial charge in [0.15, 0.2) is 11.6 Å². The summed E-state index contributed by atoms with van der Waals surface area (Å²) in [6, 6.07) is 22.2. The Hall–Kier alpha value is -9.87. The molecule has 8 aromatic rings. The van der Waals surface area contributed by atoms with Crippen LogP contribution in [0.3, 0.4) is 0 Å². The molecule has 2 aliphatic rings. The molecule has 4 aromatic heterocycles. The van der Waals surface area contributed by atoms with Gasteiger partial charge in [0.2, 0.25) is 5.91 Å².